The summed E-state index contributed by atoms with van der Waals surface area (Å²) in [5.41, 5.74) is 2.47. The Labute approximate surface area is 316 Å². The second kappa shape index (κ2) is 16.2. The van der Waals surface area contributed by atoms with Gasteiger partial charge in [0, 0.05) is 0 Å². The molecule has 268 valence electrons. The molecule has 1 aliphatic heterocycles. The van der Waals surface area contributed by atoms with Crippen LogP contribution in [0.15, 0.2) is 98.3 Å². The van der Waals surface area contributed by atoms with Crippen molar-refractivity contribution in [3.63, 3.8) is 0 Å². The Balaban J connectivity index is 1.37. The van der Waals surface area contributed by atoms with Gasteiger partial charge >= 0.3 is 11.9 Å². The number of allylic oxidation sites excluding steroid dienone is 1. The molecule has 0 aliphatic carbocycles. The smallest absolute Gasteiger partial charge is 0.343 e. The maximum Gasteiger partial charge on any atom is 0.343 e. The SMILES string of the molecule is CCOC(=O)C1=C(C)N=c2s/c(=C\c3cc(Cl)c(OCc4ccc5ccccc5c4)c(Br)c3)c(=O)n2[C@H]1c1ccc(OCC(=O)OC)c(OCC)c1. The van der Waals surface area contributed by atoms with Crippen molar-refractivity contribution in [1.29, 1.82) is 0 Å². The number of thiazole rings is 1. The number of methoxy groups -OCH3 is 1. The number of fused-ring (bicyclic) bond motifs is 2. The van der Waals surface area contributed by atoms with Crippen molar-refractivity contribution in [2.75, 3.05) is 26.9 Å². The monoisotopic (exact) mass is 804 g/mol. The number of benzene rings is 4. The largest absolute Gasteiger partial charge is 0.490 e. The lowest BCUT2D eigenvalue weighted by molar-refractivity contribution is -0.143. The van der Waals surface area contributed by atoms with Gasteiger partial charge in [0.2, 0.25) is 0 Å². The molecular weight excluding hydrogens is 772 g/mol. The Morgan fingerprint density at radius 2 is 1.75 bits per heavy atom. The first-order chi connectivity index (χ1) is 25.1. The predicted molar refractivity (Wildman–Crippen MR) is 203 cm³/mol. The van der Waals surface area contributed by atoms with Crippen molar-refractivity contribution >= 4 is 67.7 Å². The van der Waals surface area contributed by atoms with E-state index in [9.17, 15) is 14.4 Å². The second-order valence-corrected chi connectivity index (χ2v) is 13.9. The molecule has 0 saturated heterocycles. The number of nitrogens with zero attached hydrogens (tertiary/aromatic N) is 2. The number of ether oxygens (including phenoxy) is 5. The average molecular weight is 806 g/mol. The molecule has 4 aromatic carbocycles. The number of hydrogen-bond acceptors (Lipinski definition) is 10. The molecule has 1 atom stereocenters. The Morgan fingerprint density at radius 3 is 2.48 bits per heavy atom. The summed E-state index contributed by atoms with van der Waals surface area (Å²) < 4.78 is 30.2. The van der Waals surface area contributed by atoms with E-state index in [1.54, 1.807) is 44.2 Å². The van der Waals surface area contributed by atoms with Crippen LogP contribution in [0.5, 0.6) is 17.2 Å². The lowest BCUT2D eigenvalue weighted by Gasteiger charge is -2.25. The van der Waals surface area contributed by atoms with Crippen LogP contribution in [0.4, 0.5) is 0 Å². The predicted octanol–water partition coefficient (Wildman–Crippen LogP) is 6.90. The van der Waals surface area contributed by atoms with Crippen LogP contribution in [-0.4, -0.2) is 43.4 Å². The van der Waals surface area contributed by atoms with Gasteiger partial charge in [0.15, 0.2) is 28.7 Å². The number of hydrogen-bond donors (Lipinski definition) is 0. The van der Waals surface area contributed by atoms with Crippen molar-refractivity contribution in [2.24, 2.45) is 4.99 Å². The minimum atomic E-state index is -0.896. The first-order valence-electron chi connectivity index (χ1n) is 16.4. The van der Waals surface area contributed by atoms with Crippen LogP contribution in [0.25, 0.3) is 16.8 Å². The zero-order valence-electron chi connectivity index (χ0n) is 28.7. The molecule has 1 aromatic heterocycles. The highest BCUT2D eigenvalue weighted by molar-refractivity contribution is 9.10. The highest BCUT2D eigenvalue weighted by Crippen LogP contribution is 2.37. The van der Waals surface area contributed by atoms with E-state index in [-0.39, 0.29) is 24.3 Å². The summed E-state index contributed by atoms with van der Waals surface area (Å²) in [5.74, 6) is -0.0483. The lowest BCUT2D eigenvalue weighted by atomic mass is 9.95. The summed E-state index contributed by atoms with van der Waals surface area (Å²) in [5, 5.41) is 2.63. The van der Waals surface area contributed by atoms with Crippen LogP contribution < -0.4 is 29.1 Å². The van der Waals surface area contributed by atoms with Crippen molar-refractivity contribution in [2.45, 2.75) is 33.4 Å². The standard InChI is InChI=1S/C39H34BrClN2O8S/c1-5-48-31-19-27(13-14-30(31)50-21-33(44)47-4)35-34(38(46)49-6-2)22(3)42-39-43(35)37(45)32(52-39)18-24-16-28(40)36(29(41)17-24)51-20-23-11-12-25-9-7-8-10-26(25)15-23/h7-19,35H,5-6,20-21H2,1-4H3/b32-18-/t35-/m0/s1. The van der Waals surface area contributed by atoms with E-state index >= 15 is 0 Å². The van der Waals surface area contributed by atoms with E-state index in [0.717, 1.165) is 16.3 Å². The van der Waals surface area contributed by atoms with Crippen LogP contribution in [0, 0.1) is 0 Å². The number of carbonyl (C=O) groups excluding carboxylic acids is 2. The molecule has 10 nitrogen and oxygen atoms in total. The normalized spacial score (nSPS) is 14.1. The van der Waals surface area contributed by atoms with Gasteiger partial charge in [-0.3, -0.25) is 9.36 Å². The number of carbonyl (C=O) groups is 2. The highest BCUT2D eigenvalue weighted by atomic mass is 79.9. The van der Waals surface area contributed by atoms with Gasteiger partial charge in [-0.15, -0.1) is 0 Å². The Hall–Kier alpha value is -4.91. The molecule has 0 bridgehead atoms. The third-order valence-electron chi connectivity index (χ3n) is 8.19. The van der Waals surface area contributed by atoms with Gasteiger partial charge in [0.05, 0.1) is 51.7 Å². The van der Waals surface area contributed by atoms with Gasteiger partial charge in [-0.2, -0.15) is 0 Å². The molecule has 0 radical (unpaired) electrons. The van der Waals surface area contributed by atoms with E-state index in [1.807, 2.05) is 31.2 Å². The van der Waals surface area contributed by atoms with Crippen molar-refractivity contribution in [1.82, 2.24) is 4.57 Å². The Bertz CT molecular complexity index is 2380. The van der Waals surface area contributed by atoms with Gasteiger partial charge in [-0.25, -0.2) is 14.6 Å². The fourth-order valence-electron chi connectivity index (χ4n) is 5.82. The first kappa shape index (κ1) is 36.9. The van der Waals surface area contributed by atoms with E-state index in [1.165, 1.54) is 23.0 Å². The van der Waals surface area contributed by atoms with Crippen LogP contribution >= 0.6 is 38.9 Å². The first-order valence-corrected chi connectivity index (χ1v) is 18.4. The zero-order valence-corrected chi connectivity index (χ0v) is 31.9. The van der Waals surface area contributed by atoms with Crippen molar-refractivity contribution in [3.05, 3.63) is 130 Å². The number of esters is 2. The van der Waals surface area contributed by atoms with Crippen molar-refractivity contribution < 1.29 is 33.3 Å². The average Bonchev–Trinajstić information content (AvgIpc) is 3.43. The highest BCUT2D eigenvalue weighted by Gasteiger charge is 2.34. The van der Waals surface area contributed by atoms with E-state index in [0.29, 0.717) is 66.1 Å². The second-order valence-electron chi connectivity index (χ2n) is 11.6. The minimum absolute atomic E-state index is 0.134. The number of rotatable bonds is 12. The quantitative estimate of drug-likeness (QED) is 0.125. The molecule has 2 heterocycles. The van der Waals surface area contributed by atoms with Crippen LogP contribution in [0.2, 0.25) is 5.02 Å². The summed E-state index contributed by atoms with van der Waals surface area (Å²) in [6.45, 7) is 5.65. The molecule has 0 N–H and O–H groups in total. The third-order valence-corrected chi connectivity index (χ3v) is 10.0. The van der Waals surface area contributed by atoms with Gasteiger partial charge in [0.1, 0.15) is 6.61 Å². The van der Waals surface area contributed by atoms with Crippen molar-refractivity contribution in [3.8, 4) is 17.2 Å². The van der Waals surface area contributed by atoms with E-state index < -0.39 is 18.0 Å². The van der Waals surface area contributed by atoms with E-state index in [2.05, 4.69) is 45.2 Å². The van der Waals surface area contributed by atoms with Crippen LogP contribution in [0.1, 0.15) is 43.5 Å². The maximum absolute atomic E-state index is 14.2. The molecule has 6 rings (SSSR count). The van der Waals surface area contributed by atoms with Gasteiger partial charge in [-0.1, -0.05) is 65.4 Å². The fourth-order valence-corrected chi connectivity index (χ4v) is 7.86. The van der Waals surface area contributed by atoms with Gasteiger partial charge < -0.3 is 23.7 Å². The van der Waals surface area contributed by atoms with Crippen LogP contribution in [0.3, 0.4) is 0 Å². The minimum Gasteiger partial charge on any atom is -0.490 e. The molecule has 13 heteroatoms. The maximum atomic E-state index is 14.2. The molecule has 0 fully saturated rings. The Kier molecular flexibility index (Phi) is 11.5. The molecule has 0 saturated carbocycles. The third kappa shape index (κ3) is 7.79. The zero-order chi connectivity index (χ0) is 36.9. The van der Waals surface area contributed by atoms with Crippen LogP contribution in [-0.2, 0) is 25.7 Å². The number of aromatic nitrogens is 1. The van der Waals surface area contributed by atoms with E-state index in [4.69, 9.17) is 35.3 Å². The summed E-state index contributed by atoms with van der Waals surface area (Å²) in [7, 11) is 1.27. The fraction of sp³-hybridized carbons (Fsp3) is 0.231. The lowest BCUT2D eigenvalue weighted by Crippen LogP contribution is -2.40. The van der Waals surface area contributed by atoms with Gasteiger partial charge in [0.25, 0.3) is 5.56 Å². The molecule has 1 aliphatic rings. The molecule has 0 unspecified atom stereocenters. The summed E-state index contributed by atoms with van der Waals surface area (Å²) in [4.78, 5) is 44.5. The molecule has 0 spiro atoms. The number of halogens is 2. The summed E-state index contributed by atoms with van der Waals surface area (Å²) in [6.07, 6.45) is 1.73. The molecule has 5 aromatic rings. The summed E-state index contributed by atoms with van der Waals surface area (Å²) >= 11 is 11.5. The summed E-state index contributed by atoms with van der Waals surface area (Å²) in [6, 6.07) is 22.0. The Morgan fingerprint density at radius 1 is 0.962 bits per heavy atom. The molecular formula is C39H34BrClN2O8S. The topological polar surface area (TPSA) is 115 Å². The molecule has 52 heavy (non-hydrogen) atoms. The molecule has 0 amide bonds. The van der Waals surface area contributed by atoms with Gasteiger partial charge in [-0.05, 0) is 101 Å².